The smallest absolute Gasteiger partial charge is 0.312 e. The van der Waals surface area contributed by atoms with Gasteiger partial charge in [0.2, 0.25) is 0 Å². The van der Waals surface area contributed by atoms with Crippen molar-refractivity contribution < 1.29 is 39.6 Å². The molecule has 11 nitrogen and oxygen atoms in total. The van der Waals surface area contributed by atoms with E-state index in [2.05, 4.69) is 21.6 Å². The zero-order chi connectivity index (χ0) is 47.7. The fourth-order valence-corrected chi connectivity index (χ4v) is 14.1. The van der Waals surface area contributed by atoms with Crippen LogP contribution in [-0.4, -0.2) is 113 Å². The molecule has 3 heterocycles. The number of nitrogens with zero attached hydrogens (tertiary/aromatic N) is 3. The van der Waals surface area contributed by atoms with Gasteiger partial charge in [0.25, 0.3) is 0 Å². The van der Waals surface area contributed by atoms with Crippen LogP contribution in [0.25, 0.3) is 0 Å². The van der Waals surface area contributed by atoms with Crippen molar-refractivity contribution in [3.8, 4) is 0 Å². The van der Waals surface area contributed by atoms with Crippen LogP contribution >= 0.6 is 0 Å². The minimum absolute atomic E-state index is 0.0446. The number of aliphatic carboxylic acids is 4. The Bertz CT molecular complexity index is 1520. The molecule has 4 atom stereocenters. The second-order valence-electron chi connectivity index (χ2n) is 24.3. The molecule has 0 spiro atoms. The lowest BCUT2D eigenvalue weighted by atomic mass is 9.38. The number of carboxylic acids is 4. The standard InChI is InChI=1S/C51H93N3O8/c1-17-18-19-20-21-22-23-24-25-26-27-28-38(40(55)56)50(42(59)60,36-31-46(6,7)53(15)47(8,9)32-36)51(43(61)62,37-33-48(10,11)54(16)49(12,13)34-37)39(41(57)58)35-29-44(2,3)52(14)45(4,5)30-35/h35-39H,17-34H2,1-16H3,(H,55,56)(H,57,58)(H,59,60)(H,61,62). The molecule has 62 heavy (non-hydrogen) atoms. The molecule has 0 aromatic heterocycles. The highest BCUT2D eigenvalue weighted by molar-refractivity contribution is 5.95. The third-order valence-electron chi connectivity index (χ3n) is 17.8. The minimum Gasteiger partial charge on any atom is -0.481 e. The SMILES string of the molecule is CCCCCCCCCCCCCC(C(=O)O)C(C(=O)O)(C1CC(C)(C)N(C)C(C)(C)C1)C(C(=O)O)(C1CC(C)(C)N(C)C(C)(C)C1)C(C(=O)O)C1CC(C)(C)N(C)C(C)(C)C1. The minimum atomic E-state index is -2.53. The van der Waals surface area contributed by atoms with Crippen LogP contribution in [0.5, 0.6) is 0 Å². The number of hydrogen-bond donors (Lipinski definition) is 4. The Balaban J connectivity index is 2.49. The molecule has 3 aliphatic heterocycles. The van der Waals surface area contributed by atoms with E-state index in [4.69, 9.17) is 0 Å². The van der Waals surface area contributed by atoms with Crippen molar-refractivity contribution in [2.24, 2.45) is 40.4 Å². The quantitative estimate of drug-likeness (QED) is 0.0767. The molecule has 3 fully saturated rings. The number of hydrogen-bond acceptors (Lipinski definition) is 7. The number of piperidine rings is 3. The van der Waals surface area contributed by atoms with Gasteiger partial charge in [-0.05, 0) is 167 Å². The molecule has 0 radical (unpaired) electrons. The Hall–Kier alpha value is -2.24. The fourth-order valence-electron chi connectivity index (χ4n) is 14.1. The number of likely N-dealkylation sites (tertiary alicyclic amines) is 3. The Morgan fingerprint density at radius 2 is 0.758 bits per heavy atom. The van der Waals surface area contributed by atoms with Crippen molar-refractivity contribution in [3.63, 3.8) is 0 Å². The first-order valence-corrected chi connectivity index (χ1v) is 24.4. The van der Waals surface area contributed by atoms with E-state index < -0.39 is 97.5 Å². The van der Waals surface area contributed by atoms with Gasteiger partial charge in [-0.15, -0.1) is 0 Å². The van der Waals surface area contributed by atoms with Gasteiger partial charge in [0.1, 0.15) is 10.8 Å². The third kappa shape index (κ3) is 10.4. The first-order valence-electron chi connectivity index (χ1n) is 24.4. The number of unbranched alkanes of at least 4 members (excludes halogenated alkanes) is 10. The van der Waals surface area contributed by atoms with Crippen LogP contribution < -0.4 is 0 Å². The Morgan fingerprint density at radius 3 is 1.05 bits per heavy atom. The topological polar surface area (TPSA) is 159 Å². The van der Waals surface area contributed by atoms with Crippen LogP contribution in [-0.2, 0) is 19.2 Å². The zero-order valence-corrected chi connectivity index (χ0v) is 42.4. The van der Waals surface area contributed by atoms with Gasteiger partial charge >= 0.3 is 23.9 Å². The molecule has 0 aromatic carbocycles. The predicted octanol–water partition coefficient (Wildman–Crippen LogP) is 10.9. The van der Waals surface area contributed by atoms with Gasteiger partial charge < -0.3 is 20.4 Å². The highest BCUT2D eigenvalue weighted by atomic mass is 16.4. The lowest BCUT2D eigenvalue weighted by Crippen LogP contribution is -2.75. The van der Waals surface area contributed by atoms with Gasteiger partial charge in [-0.3, -0.25) is 33.9 Å². The summed E-state index contributed by atoms with van der Waals surface area (Å²) < 4.78 is 0. The third-order valence-corrected chi connectivity index (χ3v) is 17.8. The summed E-state index contributed by atoms with van der Waals surface area (Å²) in [6.45, 7) is 26.6. The maximum atomic E-state index is 15.5. The van der Waals surface area contributed by atoms with Crippen molar-refractivity contribution in [2.75, 3.05) is 21.1 Å². The van der Waals surface area contributed by atoms with Crippen molar-refractivity contribution >= 4 is 23.9 Å². The normalized spacial score (nSPS) is 26.2. The zero-order valence-electron chi connectivity index (χ0n) is 42.4. The molecule has 360 valence electrons. The summed E-state index contributed by atoms with van der Waals surface area (Å²) in [5.41, 5.74) is -8.86. The van der Waals surface area contributed by atoms with Gasteiger partial charge in [0.05, 0.1) is 11.8 Å². The number of rotatable bonds is 22. The molecule has 0 aromatic rings. The number of carboxylic acid groups (broad SMARTS) is 4. The molecule has 0 amide bonds. The Morgan fingerprint density at radius 1 is 0.468 bits per heavy atom. The van der Waals surface area contributed by atoms with Crippen LogP contribution in [0, 0.1) is 40.4 Å². The summed E-state index contributed by atoms with van der Waals surface area (Å²) in [4.78, 5) is 66.7. The highest BCUT2D eigenvalue weighted by Gasteiger charge is 2.78. The van der Waals surface area contributed by atoms with Crippen LogP contribution in [0.3, 0.4) is 0 Å². The van der Waals surface area contributed by atoms with E-state index in [9.17, 15) is 30.0 Å². The Kier molecular flexibility index (Phi) is 17.2. The maximum Gasteiger partial charge on any atom is 0.312 e. The molecule has 3 rings (SSSR count). The van der Waals surface area contributed by atoms with E-state index in [1.807, 2.05) is 104 Å². The average molecular weight is 876 g/mol. The fraction of sp³-hybridized carbons (Fsp3) is 0.922. The molecule has 3 saturated heterocycles. The van der Waals surface area contributed by atoms with Crippen LogP contribution in [0.2, 0.25) is 0 Å². The largest absolute Gasteiger partial charge is 0.481 e. The number of carbonyl (C=O) groups is 4. The lowest BCUT2D eigenvalue weighted by molar-refractivity contribution is -0.240. The maximum absolute atomic E-state index is 15.5. The van der Waals surface area contributed by atoms with Crippen molar-refractivity contribution in [3.05, 3.63) is 0 Å². The van der Waals surface area contributed by atoms with Crippen LogP contribution in [0.1, 0.15) is 206 Å². The molecule has 4 N–H and O–H groups in total. The van der Waals surface area contributed by atoms with E-state index in [0.717, 1.165) is 25.7 Å². The Labute approximate surface area is 377 Å². The summed E-state index contributed by atoms with van der Waals surface area (Å²) in [5, 5.41) is 48.9. The van der Waals surface area contributed by atoms with Crippen LogP contribution in [0.4, 0.5) is 0 Å². The average Bonchev–Trinajstić information content (AvgIpc) is 3.11. The first-order chi connectivity index (χ1) is 28.3. The molecular formula is C51H93N3O8. The summed E-state index contributed by atoms with van der Waals surface area (Å²) in [6.07, 6.45) is 12.7. The molecule has 3 aliphatic rings. The molecule has 0 bridgehead atoms. The van der Waals surface area contributed by atoms with Crippen molar-refractivity contribution in [1.82, 2.24) is 14.7 Å². The van der Waals surface area contributed by atoms with Gasteiger partial charge in [0, 0.05) is 33.2 Å². The molecule has 0 aliphatic carbocycles. The summed E-state index contributed by atoms with van der Waals surface area (Å²) in [6, 6.07) is 0. The van der Waals surface area contributed by atoms with Gasteiger partial charge in [-0.1, -0.05) is 77.6 Å². The second-order valence-corrected chi connectivity index (χ2v) is 24.3. The van der Waals surface area contributed by atoms with E-state index in [0.29, 0.717) is 25.7 Å². The first kappa shape index (κ1) is 54.1. The molecule has 11 heteroatoms. The van der Waals surface area contributed by atoms with Crippen molar-refractivity contribution in [2.45, 2.75) is 239 Å². The molecular weight excluding hydrogens is 783 g/mol. The van der Waals surface area contributed by atoms with Gasteiger partial charge in [0.15, 0.2) is 0 Å². The van der Waals surface area contributed by atoms with E-state index in [1.165, 1.54) is 32.1 Å². The summed E-state index contributed by atoms with van der Waals surface area (Å²) in [7, 11) is 6.00. The predicted molar refractivity (Wildman–Crippen MR) is 249 cm³/mol. The van der Waals surface area contributed by atoms with Gasteiger partial charge in [-0.25, -0.2) is 0 Å². The summed E-state index contributed by atoms with van der Waals surface area (Å²) >= 11 is 0. The van der Waals surface area contributed by atoms with Crippen LogP contribution in [0.15, 0.2) is 0 Å². The molecule has 4 unspecified atom stereocenters. The van der Waals surface area contributed by atoms with E-state index in [1.54, 1.807) is 0 Å². The monoisotopic (exact) mass is 876 g/mol. The summed E-state index contributed by atoms with van der Waals surface area (Å²) in [5.74, 6) is -11.8. The lowest BCUT2D eigenvalue weighted by Gasteiger charge is -2.66. The van der Waals surface area contributed by atoms with E-state index in [-0.39, 0.29) is 32.1 Å². The highest BCUT2D eigenvalue weighted by Crippen LogP contribution is 2.69. The van der Waals surface area contributed by atoms with Crippen molar-refractivity contribution in [1.29, 1.82) is 0 Å². The second kappa shape index (κ2) is 19.7. The molecule has 0 saturated carbocycles. The van der Waals surface area contributed by atoms with Gasteiger partial charge in [-0.2, -0.15) is 0 Å². The van der Waals surface area contributed by atoms with E-state index >= 15 is 9.59 Å².